The molecule has 0 saturated carbocycles. The van der Waals surface area contributed by atoms with Crippen LogP contribution in [0.25, 0.3) is 0 Å². The van der Waals surface area contributed by atoms with Crippen molar-refractivity contribution in [2.24, 2.45) is 0 Å². The summed E-state index contributed by atoms with van der Waals surface area (Å²) >= 11 is 0. The van der Waals surface area contributed by atoms with Crippen molar-refractivity contribution in [2.75, 3.05) is 37.7 Å². The molecule has 222 valence electrons. The number of morpholine rings is 1. The Bertz CT molecular complexity index is 1530. The molecule has 1 fully saturated rings. The van der Waals surface area contributed by atoms with E-state index in [1.165, 1.54) is 16.8 Å². The van der Waals surface area contributed by atoms with Crippen LogP contribution in [-0.4, -0.2) is 43.7 Å². The van der Waals surface area contributed by atoms with E-state index in [-0.39, 0.29) is 11.8 Å². The van der Waals surface area contributed by atoms with Crippen LogP contribution in [0.5, 0.6) is 11.5 Å². The zero-order chi connectivity index (χ0) is 29.6. The fourth-order valence-electron chi connectivity index (χ4n) is 5.82. The van der Waals surface area contributed by atoms with Gasteiger partial charge in [-0.2, -0.15) is 0 Å². The van der Waals surface area contributed by atoms with Crippen LogP contribution < -0.4 is 14.4 Å². The summed E-state index contributed by atoms with van der Waals surface area (Å²) in [5.74, 6) is 1.45. The van der Waals surface area contributed by atoms with Crippen LogP contribution in [0.3, 0.4) is 0 Å². The largest absolute Gasteiger partial charge is 0.488 e. The van der Waals surface area contributed by atoms with Crippen molar-refractivity contribution in [3.63, 3.8) is 0 Å². The third-order valence-corrected chi connectivity index (χ3v) is 8.30. The molecule has 0 bridgehead atoms. The highest BCUT2D eigenvalue weighted by molar-refractivity contribution is 5.97. The smallest absolute Gasteiger partial charge is 0.257 e. The lowest BCUT2D eigenvalue weighted by Crippen LogP contribution is -2.38. The molecule has 2 aliphatic heterocycles. The Morgan fingerprint density at radius 2 is 1.42 bits per heavy atom. The van der Waals surface area contributed by atoms with E-state index >= 15 is 0 Å². The Morgan fingerprint density at radius 3 is 2.07 bits per heavy atom. The second-order valence-electron chi connectivity index (χ2n) is 11.6. The molecule has 0 aromatic heterocycles. The standard InChI is InChI=1S/C37H40N2O4/c1-27(2)33-22-34(37(40)39-16-15-30-13-14-32(21-31(30)24-39)38-17-19-41-20-18-38)36(43-26-29-11-7-4-8-12-29)23-35(33)42-25-28-9-5-3-6-10-28/h3-14,21-23,27H,15-20,24-26H2,1-2H3. The summed E-state index contributed by atoms with van der Waals surface area (Å²) in [5, 5.41) is 0. The molecule has 2 heterocycles. The maximum absolute atomic E-state index is 14.3. The van der Waals surface area contributed by atoms with Gasteiger partial charge in [-0.3, -0.25) is 4.79 Å². The van der Waals surface area contributed by atoms with Gasteiger partial charge in [0, 0.05) is 37.9 Å². The number of nitrogens with zero attached hydrogens (tertiary/aromatic N) is 2. The number of carbonyl (C=O) groups is 1. The number of hydrogen-bond acceptors (Lipinski definition) is 5. The molecule has 1 amide bonds. The van der Waals surface area contributed by atoms with Crippen LogP contribution in [0, 0.1) is 0 Å². The first-order valence-electron chi connectivity index (χ1n) is 15.3. The minimum Gasteiger partial charge on any atom is -0.488 e. The summed E-state index contributed by atoms with van der Waals surface area (Å²) in [6.45, 7) is 9.60. The van der Waals surface area contributed by atoms with Crippen LogP contribution in [0.15, 0.2) is 91.0 Å². The minimum atomic E-state index is -0.0120. The Hall–Kier alpha value is -4.29. The highest BCUT2D eigenvalue weighted by Crippen LogP contribution is 2.36. The number of benzene rings is 4. The van der Waals surface area contributed by atoms with Crippen molar-refractivity contribution in [3.8, 4) is 11.5 Å². The van der Waals surface area contributed by atoms with Crippen molar-refractivity contribution in [2.45, 2.75) is 45.9 Å². The maximum atomic E-state index is 14.3. The summed E-state index contributed by atoms with van der Waals surface area (Å²) in [7, 11) is 0. The molecule has 6 rings (SSSR count). The van der Waals surface area contributed by atoms with Crippen molar-refractivity contribution in [1.29, 1.82) is 0 Å². The summed E-state index contributed by atoms with van der Waals surface area (Å²) in [6.07, 6.45) is 0.833. The van der Waals surface area contributed by atoms with Crippen molar-refractivity contribution in [3.05, 3.63) is 124 Å². The molecule has 2 aliphatic rings. The molecule has 0 radical (unpaired) electrons. The predicted molar refractivity (Wildman–Crippen MR) is 170 cm³/mol. The fourth-order valence-corrected chi connectivity index (χ4v) is 5.82. The van der Waals surface area contributed by atoms with Gasteiger partial charge in [0.2, 0.25) is 0 Å². The molecule has 6 nitrogen and oxygen atoms in total. The molecule has 0 aliphatic carbocycles. The first-order valence-corrected chi connectivity index (χ1v) is 15.3. The SMILES string of the molecule is CC(C)c1cc(C(=O)N2CCc3ccc(N4CCOCC4)cc3C2)c(OCc2ccccc2)cc1OCc1ccccc1. The van der Waals surface area contributed by atoms with Gasteiger partial charge < -0.3 is 24.0 Å². The van der Waals surface area contributed by atoms with Gasteiger partial charge in [-0.05, 0) is 58.4 Å². The lowest BCUT2D eigenvalue weighted by molar-refractivity contribution is 0.0729. The second kappa shape index (κ2) is 13.3. The zero-order valence-corrected chi connectivity index (χ0v) is 25.1. The Kier molecular flexibility index (Phi) is 8.94. The van der Waals surface area contributed by atoms with Crippen LogP contribution in [0.1, 0.15) is 57.9 Å². The zero-order valence-electron chi connectivity index (χ0n) is 25.1. The van der Waals surface area contributed by atoms with E-state index in [2.05, 4.69) is 49.1 Å². The molecule has 0 atom stereocenters. The highest BCUT2D eigenvalue weighted by Gasteiger charge is 2.27. The van der Waals surface area contributed by atoms with Crippen LogP contribution in [-0.2, 0) is 30.9 Å². The molecule has 4 aromatic rings. The van der Waals surface area contributed by atoms with E-state index in [9.17, 15) is 4.79 Å². The molecular formula is C37H40N2O4. The predicted octanol–water partition coefficient (Wildman–Crippen LogP) is 7.00. The third kappa shape index (κ3) is 6.86. The van der Waals surface area contributed by atoms with Crippen LogP contribution in [0.4, 0.5) is 5.69 Å². The van der Waals surface area contributed by atoms with E-state index in [0.717, 1.165) is 55.2 Å². The summed E-state index contributed by atoms with van der Waals surface area (Å²) < 4.78 is 18.3. The summed E-state index contributed by atoms with van der Waals surface area (Å²) in [5.41, 5.74) is 7.44. The van der Waals surface area contributed by atoms with Gasteiger partial charge >= 0.3 is 0 Å². The van der Waals surface area contributed by atoms with Crippen LogP contribution >= 0.6 is 0 Å². The van der Waals surface area contributed by atoms with Crippen molar-refractivity contribution in [1.82, 2.24) is 4.90 Å². The number of carbonyl (C=O) groups excluding carboxylic acids is 1. The molecule has 0 N–H and O–H groups in total. The maximum Gasteiger partial charge on any atom is 0.257 e. The van der Waals surface area contributed by atoms with Gasteiger partial charge in [-0.25, -0.2) is 0 Å². The quantitative estimate of drug-likeness (QED) is 0.215. The average molecular weight is 577 g/mol. The monoisotopic (exact) mass is 576 g/mol. The van der Waals surface area contributed by atoms with Crippen LogP contribution in [0.2, 0.25) is 0 Å². The highest BCUT2D eigenvalue weighted by atomic mass is 16.5. The van der Waals surface area contributed by atoms with Gasteiger partial charge in [0.1, 0.15) is 24.7 Å². The number of fused-ring (bicyclic) bond motifs is 1. The number of ether oxygens (including phenoxy) is 3. The van der Waals surface area contributed by atoms with Gasteiger partial charge in [0.15, 0.2) is 0 Å². The van der Waals surface area contributed by atoms with E-state index in [1.807, 2.05) is 65.6 Å². The van der Waals surface area contributed by atoms with Crippen molar-refractivity contribution >= 4 is 11.6 Å². The number of anilines is 1. The van der Waals surface area contributed by atoms with Gasteiger partial charge in [0.25, 0.3) is 5.91 Å². The number of amides is 1. The lowest BCUT2D eigenvalue weighted by atomic mass is 9.96. The Morgan fingerprint density at radius 1 is 0.767 bits per heavy atom. The topological polar surface area (TPSA) is 51.2 Å². The molecular weight excluding hydrogens is 536 g/mol. The molecule has 43 heavy (non-hydrogen) atoms. The first-order chi connectivity index (χ1) is 21.0. The van der Waals surface area contributed by atoms with E-state index in [4.69, 9.17) is 14.2 Å². The normalized spacial score (nSPS) is 14.9. The van der Waals surface area contributed by atoms with E-state index in [0.29, 0.717) is 37.6 Å². The lowest BCUT2D eigenvalue weighted by Gasteiger charge is -2.33. The van der Waals surface area contributed by atoms with Gasteiger partial charge in [0.05, 0.1) is 18.8 Å². The minimum absolute atomic E-state index is 0.0120. The molecule has 0 spiro atoms. The summed E-state index contributed by atoms with van der Waals surface area (Å²) in [6, 6.07) is 30.8. The summed E-state index contributed by atoms with van der Waals surface area (Å²) in [4.78, 5) is 18.6. The average Bonchev–Trinajstić information content (AvgIpc) is 3.06. The Labute approximate surface area is 254 Å². The van der Waals surface area contributed by atoms with Gasteiger partial charge in [-0.15, -0.1) is 0 Å². The Balaban J connectivity index is 1.29. The van der Waals surface area contributed by atoms with E-state index < -0.39 is 0 Å². The fraction of sp³-hybridized carbons (Fsp3) is 0.324. The molecule has 4 aromatic carbocycles. The first kappa shape index (κ1) is 28.8. The van der Waals surface area contributed by atoms with E-state index in [1.54, 1.807) is 0 Å². The number of rotatable bonds is 9. The molecule has 6 heteroatoms. The molecule has 0 unspecified atom stereocenters. The number of hydrogen-bond donors (Lipinski definition) is 0. The molecule has 1 saturated heterocycles. The third-order valence-electron chi connectivity index (χ3n) is 8.30. The van der Waals surface area contributed by atoms with Crippen molar-refractivity contribution < 1.29 is 19.0 Å². The second-order valence-corrected chi connectivity index (χ2v) is 11.6. The van der Waals surface area contributed by atoms with Gasteiger partial charge in [-0.1, -0.05) is 80.6 Å².